The fourth-order valence-electron chi connectivity index (χ4n) is 3.65. The number of likely N-dealkylation sites (tertiary alicyclic amines) is 1. The summed E-state index contributed by atoms with van der Waals surface area (Å²) in [7, 11) is 0. The summed E-state index contributed by atoms with van der Waals surface area (Å²) < 4.78 is 5.76. The van der Waals surface area contributed by atoms with Crippen LogP contribution < -0.4 is 15.4 Å². The molecule has 29 heavy (non-hydrogen) atoms. The van der Waals surface area contributed by atoms with Crippen LogP contribution in [-0.4, -0.2) is 41.6 Å². The lowest BCUT2D eigenvalue weighted by Crippen LogP contribution is -2.50. The summed E-state index contributed by atoms with van der Waals surface area (Å²) in [4.78, 5) is 19.2. The predicted molar refractivity (Wildman–Crippen MR) is 119 cm³/mol. The number of ether oxygens (including phenoxy) is 1. The largest absolute Gasteiger partial charge is 0.487 e. The van der Waals surface area contributed by atoms with Gasteiger partial charge in [0, 0.05) is 29.7 Å². The van der Waals surface area contributed by atoms with Gasteiger partial charge in [-0.05, 0) is 49.9 Å². The number of amides is 2. The third-order valence-electron chi connectivity index (χ3n) is 5.49. The van der Waals surface area contributed by atoms with Gasteiger partial charge in [0.15, 0.2) is 0 Å². The summed E-state index contributed by atoms with van der Waals surface area (Å²) in [6.07, 6.45) is 2.48. The molecule has 7 heteroatoms. The van der Waals surface area contributed by atoms with Gasteiger partial charge < -0.3 is 15.4 Å². The minimum absolute atomic E-state index is 0.183. The van der Waals surface area contributed by atoms with Crippen molar-refractivity contribution in [1.29, 1.82) is 0 Å². The molecule has 2 N–H and O–H groups in total. The van der Waals surface area contributed by atoms with Crippen LogP contribution in [-0.2, 0) is 6.61 Å². The topological polar surface area (TPSA) is 66.5 Å². The molecule has 1 aliphatic heterocycles. The number of benzene rings is 1. The van der Waals surface area contributed by atoms with Gasteiger partial charge in [0.25, 0.3) is 0 Å². The van der Waals surface area contributed by atoms with Crippen LogP contribution in [0.25, 0.3) is 0 Å². The number of carbonyl (C=O) groups excluding carboxylic acids is 1. The fraction of sp³-hybridized carbons (Fsp3) is 0.545. The highest BCUT2D eigenvalue weighted by atomic mass is 32.1. The van der Waals surface area contributed by atoms with E-state index in [1.807, 2.05) is 29.6 Å². The molecule has 1 fully saturated rings. The number of thiazole rings is 1. The second-order valence-corrected chi connectivity index (χ2v) is 8.88. The van der Waals surface area contributed by atoms with Crippen LogP contribution in [0.1, 0.15) is 39.3 Å². The zero-order valence-corrected chi connectivity index (χ0v) is 18.4. The second kappa shape index (κ2) is 10.6. The molecular weight excluding hydrogens is 384 g/mol. The first-order valence-electron chi connectivity index (χ1n) is 10.4. The molecule has 0 bridgehead atoms. The van der Waals surface area contributed by atoms with Crippen molar-refractivity contribution in [2.24, 2.45) is 11.8 Å². The second-order valence-electron chi connectivity index (χ2n) is 8.16. The van der Waals surface area contributed by atoms with Crippen molar-refractivity contribution < 1.29 is 9.53 Å². The van der Waals surface area contributed by atoms with Crippen molar-refractivity contribution >= 4 is 23.1 Å². The molecule has 1 aliphatic rings. The number of anilines is 1. The molecule has 1 aromatic heterocycles. The smallest absolute Gasteiger partial charge is 0.319 e. The highest BCUT2D eigenvalue weighted by molar-refractivity contribution is 7.07. The zero-order chi connectivity index (χ0) is 20.6. The normalized spacial score (nSPS) is 16.6. The molecule has 1 atom stereocenters. The van der Waals surface area contributed by atoms with Crippen LogP contribution >= 0.6 is 11.3 Å². The summed E-state index contributed by atoms with van der Waals surface area (Å²) in [5.74, 6) is 2.00. The Morgan fingerprint density at radius 2 is 2.14 bits per heavy atom. The minimum Gasteiger partial charge on any atom is -0.487 e. The molecule has 3 rings (SSSR count). The Labute approximate surface area is 177 Å². The van der Waals surface area contributed by atoms with Crippen LogP contribution in [0.5, 0.6) is 5.75 Å². The number of rotatable bonds is 8. The van der Waals surface area contributed by atoms with E-state index in [2.05, 4.69) is 41.3 Å². The lowest BCUT2D eigenvalue weighted by atomic mass is 9.94. The Hall–Kier alpha value is -2.12. The van der Waals surface area contributed by atoms with Gasteiger partial charge >= 0.3 is 6.03 Å². The molecule has 6 nitrogen and oxygen atoms in total. The molecule has 2 heterocycles. The monoisotopic (exact) mass is 416 g/mol. The summed E-state index contributed by atoms with van der Waals surface area (Å²) >= 11 is 1.55. The maximum atomic E-state index is 12.4. The van der Waals surface area contributed by atoms with Crippen molar-refractivity contribution in [3.05, 3.63) is 40.8 Å². The molecule has 1 saturated heterocycles. The molecule has 2 aromatic rings. The van der Waals surface area contributed by atoms with Gasteiger partial charge in [0.2, 0.25) is 0 Å². The third-order valence-corrected chi connectivity index (χ3v) is 6.13. The number of nitrogens with zero attached hydrogens (tertiary/aromatic N) is 2. The number of hydrogen-bond donors (Lipinski definition) is 2. The van der Waals surface area contributed by atoms with Crippen LogP contribution in [0.4, 0.5) is 10.5 Å². The van der Waals surface area contributed by atoms with Gasteiger partial charge in [0.05, 0.1) is 11.2 Å². The van der Waals surface area contributed by atoms with Gasteiger partial charge in [0.1, 0.15) is 12.4 Å². The first-order valence-corrected chi connectivity index (χ1v) is 11.3. The Morgan fingerprint density at radius 1 is 1.34 bits per heavy atom. The number of piperidine rings is 1. The van der Waals surface area contributed by atoms with Crippen molar-refractivity contribution in [2.45, 2.75) is 46.3 Å². The first-order chi connectivity index (χ1) is 14.0. The van der Waals surface area contributed by atoms with E-state index in [0.29, 0.717) is 36.5 Å². The zero-order valence-electron chi connectivity index (χ0n) is 17.6. The minimum atomic E-state index is -0.183. The molecule has 2 amide bonds. The lowest BCUT2D eigenvalue weighted by Gasteiger charge is -2.38. The number of urea groups is 1. The standard InChI is InChI=1S/C22H32N4O2S/c1-16(2)21(26-9-7-17(3)8-10-26)12-23-22(27)25-18-5-4-6-20(11-18)28-13-19-14-29-15-24-19/h4-6,11,14-17,21H,7-10,12-13H2,1-3H3,(H2,23,25,27). The van der Waals surface area contributed by atoms with E-state index in [9.17, 15) is 4.79 Å². The highest BCUT2D eigenvalue weighted by Gasteiger charge is 2.25. The highest BCUT2D eigenvalue weighted by Crippen LogP contribution is 2.21. The fourth-order valence-corrected chi connectivity index (χ4v) is 4.19. The summed E-state index contributed by atoms with van der Waals surface area (Å²) in [5, 5.41) is 7.93. The average molecular weight is 417 g/mol. The Bertz CT molecular complexity index is 758. The molecule has 0 spiro atoms. The van der Waals surface area contributed by atoms with Crippen LogP contribution in [0, 0.1) is 11.8 Å². The van der Waals surface area contributed by atoms with Crippen molar-refractivity contribution in [3.63, 3.8) is 0 Å². The maximum absolute atomic E-state index is 12.4. The van der Waals surface area contributed by atoms with Gasteiger partial charge in [-0.1, -0.05) is 26.8 Å². The molecule has 0 radical (unpaired) electrons. The van der Waals surface area contributed by atoms with Crippen molar-refractivity contribution in [2.75, 3.05) is 25.0 Å². The van der Waals surface area contributed by atoms with E-state index in [-0.39, 0.29) is 6.03 Å². The molecular formula is C22H32N4O2S. The van der Waals surface area contributed by atoms with E-state index >= 15 is 0 Å². The van der Waals surface area contributed by atoms with Crippen LogP contribution in [0.15, 0.2) is 35.2 Å². The van der Waals surface area contributed by atoms with Crippen LogP contribution in [0.3, 0.4) is 0 Å². The predicted octanol–water partition coefficient (Wildman–Crippen LogP) is 4.60. The van der Waals surface area contributed by atoms with Gasteiger partial charge in [-0.15, -0.1) is 11.3 Å². The first kappa shape index (κ1) is 21.6. The van der Waals surface area contributed by atoms with Crippen molar-refractivity contribution in [1.82, 2.24) is 15.2 Å². The number of carbonyl (C=O) groups is 1. The SMILES string of the molecule is CC1CCN(C(CNC(=O)Nc2cccc(OCc3cscn3)c2)C(C)C)CC1. The quantitative estimate of drug-likeness (QED) is 0.660. The molecule has 1 aromatic carbocycles. The Kier molecular flexibility index (Phi) is 7.89. The van der Waals surface area contributed by atoms with Gasteiger partial charge in [-0.2, -0.15) is 0 Å². The van der Waals surface area contributed by atoms with E-state index in [1.165, 1.54) is 12.8 Å². The molecule has 0 saturated carbocycles. The van der Waals surface area contributed by atoms with Gasteiger partial charge in [-0.25, -0.2) is 9.78 Å². The summed E-state index contributed by atoms with van der Waals surface area (Å²) in [6.45, 7) is 10.1. The summed E-state index contributed by atoms with van der Waals surface area (Å²) in [6, 6.07) is 7.62. The molecule has 1 unspecified atom stereocenters. The average Bonchev–Trinajstić information content (AvgIpc) is 3.22. The summed E-state index contributed by atoms with van der Waals surface area (Å²) in [5.41, 5.74) is 3.40. The van der Waals surface area contributed by atoms with E-state index < -0.39 is 0 Å². The third kappa shape index (κ3) is 6.72. The molecule has 0 aliphatic carbocycles. The number of nitrogens with one attached hydrogen (secondary N) is 2. The van der Waals surface area contributed by atoms with Crippen molar-refractivity contribution in [3.8, 4) is 5.75 Å². The Balaban J connectivity index is 1.48. The van der Waals surface area contributed by atoms with E-state index in [1.54, 1.807) is 16.8 Å². The Morgan fingerprint density at radius 3 is 2.83 bits per heavy atom. The van der Waals surface area contributed by atoms with Gasteiger partial charge in [-0.3, -0.25) is 4.90 Å². The maximum Gasteiger partial charge on any atom is 0.319 e. The van der Waals surface area contributed by atoms with Crippen LogP contribution in [0.2, 0.25) is 0 Å². The number of aromatic nitrogens is 1. The van der Waals surface area contributed by atoms with E-state index in [4.69, 9.17) is 4.74 Å². The molecule has 158 valence electrons. The van der Waals surface area contributed by atoms with E-state index in [0.717, 1.165) is 24.7 Å². The number of hydrogen-bond acceptors (Lipinski definition) is 5. The lowest BCUT2D eigenvalue weighted by molar-refractivity contribution is 0.108.